The Balaban J connectivity index is 2.66. The summed E-state index contributed by atoms with van der Waals surface area (Å²) in [6, 6.07) is 7.19. The van der Waals surface area contributed by atoms with Crippen molar-refractivity contribution in [1.82, 2.24) is 4.90 Å². The lowest BCUT2D eigenvalue weighted by Gasteiger charge is -2.14. The van der Waals surface area contributed by atoms with E-state index in [4.69, 9.17) is 11.6 Å². The molecule has 0 aliphatic carbocycles. The number of benzene rings is 2. The van der Waals surface area contributed by atoms with Gasteiger partial charge < -0.3 is 4.90 Å². The Morgan fingerprint density at radius 2 is 1.71 bits per heavy atom. The fourth-order valence-electron chi connectivity index (χ4n) is 2.18. The third-order valence-electron chi connectivity index (χ3n) is 3.43. The largest absolute Gasteiger partial charge is 0.383 e. The normalized spacial score (nSPS) is 11.5. The van der Waals surface area contributed by atoms with Gasteiger partial charge in [0.2, 0.25) is 0 Å². The van der Waals surface area contributed by atoms with Crippen LogP contribution in [0.3, 0.4) is 0 Å². The molecule has 0 saturated heterocycles. The monoisotopic (exact) mass is 353 g/mol. The van der Waals surface area contributed by atoms with Crippen LogP contribution in [0, 0.1) is 24.4 Å². The fourth-order valence-corrected chi connectivity index (χ4v) is 2.42. The van der Waals surface area contributed by atoms with Gasteiger partial charge in [0.25, 0.3) is 0 Å². The summed E-state index contributed by atoms with van der Waals surface area (Å²) in [6.45, 7) is 1.10. The van der Waals surface area contributed by atoms with Crippen molar-refractivity contribution in [3.8, 4) is 0 Å². The molecule has 0 aliphatic rings. The van der Waals surface area contributed by atoms with Gasteiger partial charge >= 0.3 is 0 Å². The molecule has 0 radical (unpaired) electrons. The SMILES string of the molecule is Cc1c(F)cc(C(=O)C(=CN(C)C)c2ccccc2Cl)c(F)c1F. The minimum absolute atomic E-state index is 0.0344. The van der Waals surface area contributed by atoms with Crippen LogP contribution >= 0.6 is 11.6 Å². The van der Waals surface area contributed by atoms with Crippen molar-refractivity contribution in [1.29, 1.82) is 0 Å². The molecule has 0 spiro atoms. The van der Waals surface area contributed by atoms with E-state index in [9.17, 15) is 18.0 Å². The summed E-state index contributed by atoms with van der Waals surface area (Å²) in [6.07, 6.45) is 1.43. The zero-order valence-corrected chi connectivity index (χ0v) is 14.1. The van der Waals surface area contributed by atoms with Gasteiger partial charge in [0.15, 0.2) is 17.4 Å². The maximum Gasteiger partial charge on any atom is 0.198 e. The van der Waals surface area contributed by atoms with E-state index in [1.54, 1.807) is 43.3 Å². The van der Waals surface area contributed by atoms with Crippen molar-refractivity contribution in [3.05, 3.63) is 75.7 Å². The molecule has 0 aliphatic heterocycles. The second-order valence-electron chi connectivity index (χ2n) is 5.47. The zero-order chi connectivity index (χ0) is 18.0. The van der Waals surface area contributed by atoms with Gasteiger partial charge in [-0.05, 0) is 19.1 Å². The Bertz CT molecular complexity index is 831. The lowest BCUT2D eigenvalue weighted by molar-refractivity contribution is 0.105. The molecule has 0 fully saturated rings. The molecule has 0 N–H and O–H groups in total. The van der Waals surface area contributed by atoms with Gasteiger partial charge in [-0.2, -0.15) is 0 Å². The summed E-state index contributed by atoms with van der Waals surface area (Å²) in [5.41, 5.74) is -0.769. The Hall–Kier alpha value is -2.27. The summed E-state index contributed by atoms with van der Waals surface area (Å²) in [4.78, 5) is 14.3. The van der Waals surface area contributed by atoms with E-state index in [0.717, 1.165) is 6.92 Å². The first kappa shape index (κ1) is 18.1. The minimum atomic E-state index is -1.38. The first-order valence-corrected chi connectivity index (χ1v) is 7.43. The van der Waals surface area contributed by atoms with Gasteiger partial charge in [-0.15, -0.1) is 0 Å². The molecule has 0 aromatic heterocycles. The molecule has 2 aromatic rings. The van der Waals surface area contributed by atoms with Crippen molar-refractivity contribution >= 4 is 23.0 Å². The minimum Gasteiger partial charge on any atom is -0.383 e. The molecule has 0 atom stereocenters. The average molecular weight is 354 g/mol. The van der Waals surface area contributed by atoms with E-state index < -0.39 is 34.4 Å². The maximum atomic E-state index is 14.2. The molecule has 0 heterocycles. The molecule has 0 amide bonds. The Labute approximate surface area is 143 Å². The van der Waals surface area contributed by atoms with Crippen LogP contribution in [-0.2, 0) is 0 Å². The molecule has 0 saturated carbocycles. The van der Waals surface area contributed by atoms with E-state index in [-0.39, 0.29) is 10.6 Å². The van der Waals surface area contributed by atoms with Gasteiger partial charge in [-0.1, -0.05) is 29.8 Å². The van der Waals surface area contributed by atoms with Crippen LogP contribution in [0.5, 0.6) is 0 Å². The Morgan fingerprint density at radius 1 is 1.08 bits per heavy atom. The zero-order valence-electron chi connectivity index (χ0n) is 13.3. The van der Waals surface area contributed by atoms with E-state index in [0.29, 0.717) is 11.6 Å². The maximum absolute atomic E-state index is 14.2. The predicted octanol–water partition coefficient (Wildman–Crippen LogP) is 4.85. The summed E-state index contributed by atoms with van der Waals surface area (Å²) >= 11 is 6.11. The summed E-state index contributed by atoms with van der Waals surface area (Å²) in [5, 5.41) is 0.271. The first-order valence-electron chi connectivity index (χ1n) is 7.06. The van der Waals surface area contributed by atoms with Crippen LogP contribution in [0.1, 0.15) is 21.5 Å². The molecular weight excluding hydrogens is 339 g/mol. The number of allylic oxidation sites excluding steroid dienone is 1. The standard InChI is InChI=1S/C18H15ClF3NO/c1-10-15(20)8-12(17(22)16(10)21)18(24)13(9-23(2)3)11-6-4-5-7-14(11)19/h4-9H,1-3H3. The van der Waals surface area contributed by atoms with Crippen molar-refractivity contribution in [3.63, 3.8) is 0 Å². The second kappa shape index (κ2) is 7.09. The fraction of sp³-hybridized carbons (Fsp3) is 0.167. The van der Waals surface area contributed by atoms with Gasteiger partial charge in [0.05, 0.1) is 5.56 Å². The van der Waals surface area contributed by atoms with Crippen LogP contribution in [-0.4, -0.2) is 24.8 Å². The van der Waals surface area contributed by atoms with Crippen molar-refractivity contribution < 1.29 is 18.0 Å². The smallest absolute Gasteiger partial charge is 0.198 e. The number of carbonyl (C=O) groups excluding carboxylic acids is 1. The summed E-state index contributed by atoms with van der Waals surface area (Å²) in [5.74, 6) is -4.59. The highest BCUT2D eigenvalue weighted by atomic mass is 35.5. The Kier molecular flexibility index (Phi) is 5.34. The molecule has 2 rings (SSSR count). The predicted molar refractivity (Wildman–Crippen MR) is 88.5 cm³/mol. The molecular formula is C18H15ClF3NO. The number of Topliss-reactive ketones (excluding diaryl/α,β-unsaturated/α-hetero) is 1. The average Bonchev–Trinajstić information content (AvgIpc) is 2.54. The number of hydrogen-bond donors (Lipinski definition) is 0. The molecule has 6 heteroatoms. The van der Waals surface area contributed by atoms with E-state index >= 15 is 0 Å². The van der Waals surface area contributed by atoms with Gasteiger partial charge in [0, 0.05) is 42.0 Å². The number of carbonyl (C=O) groups is 1. The van der Waals surface area contributed by atoms with E-state index in [1.165, 1.54) is 6.20 Å². The lowest BCUT2D eigenvalue weighted by Crippen LogP contribution is -2.13. The number of ketones is 1. The summed E-state index contributed by atoms with van der Waals surface area (Å²) < 4.78 is 41.7. The highest BCUT2D eigenvalue weighted by Gasteiger charge is 2.25. The Morgan fingerprint density at radius 3 is 2.29 bits per heavy atom. The summed E-state index contributed by atoms with van der Waals surface area (Å²) in [7, 11) is 3.33. The number of hydrogen-bond acceptors (Lipinski definition) is 2. The highest BCUT2D eigenvalue weighted by molar-refractivity contribution is 6.37. The van der Waals surface area contributed by atoms with Crippen LogP contribution < -0.4 is 0 Å². The number of rotatable bonds is 4. The third-order valence-corrected chi connectivity index (χ3v) is 3.76. The van der Waals surface area contributed by atoms with Crippen LogP contribution in [0.2, 0.25) is 5.02 Å². The lowest BCUT2D eigenvalue weighted by atomic mass is 9.96. The van der Waals surface area contributed by atoms with Crippen LogP contribution in [0.25, 0.3) is 5.57 Å². The van der Waals surface area contributed by atoms with Crippen LogP contribution in [0.15, 0.2) is 36.5 Å². The molecule has 24 heavy (non-hydrogen) atoms. The van der Waals surface area contributed by atoms with Crippen molar-refractivity contribution in [2.45, 2.75) is 6.92 Å². The van der Waals surface area contributed by atoms with Gasteiger partial charge in [-0.3, -0.25) is 4.79 Å². The molecule has 0 bridgehead atoms. The number of nitrogens with zero attached hydrogens (tertiary/aromatic N) is 1. The second-order valence-corrected chi connectivity index (χ2v) is 5.88. The van der Waals surface area contributed by atoms with E-state index in [2.05, 4.69) is 0 Å². The first-order chi connectivity index (χ1) is 11.2. The van der Waals surface area contributed by atoms with Gasteiger partial charge in [0.1, 0.15) is 5.82 Å². The molecule has 0 unspecified atom stereocenters. The number of halogens is 4. The van der Waals surface area contributed by atoms with E-state index in [1.807, 2.05) is 0 Å². The third kappa shape index (κ3) is 3.46. The van der Waals surface area contributed by atoms with Crippen LogP contribution in [0.4, 0.5) is 13.2 Å². The van der Waals surface area contributed by atoms with Crippen molar-refractivity contribution in [2.24, 2.45) is 0 Å². The quantitative estimate of drug-likeness (QED) is 0.445. The van der Waals surface area contributed by atoms with Gasteiger partial charge in [-0.25, -0.2) is 13.2 Å². The molecule has 2 nitrogen and oxygen atoms in total. The van der Waals surface area contributed by atoms with Crippen molar-refractivity contribution in [2.75, 3.05) is 14.1 Å². The highest BCUT2D eigenvalue weighted by Crippen LogP contribution is 2.29. The molecule has 2 aromatic carbocycles. The topological polar surface area (TPSA) is 20.3 Å². The molecule has 126 valence electrons.